The Balaban J connectivity index is 2.40. The molecule has 0 aliphatic rings. The molecule has 7 heteroatoms. The summed E-state index contributed by atoms with van der Waals surface area (Å²) in [7, 11) is 0. The molecule has 0 aliphatic carbocycles. The molecule has 1 rings (SSSR count). The second-order valence-corrected chi connectivity index (χ2v) is 4.24. The molecule has 0 fully saturated rings. The van der Waals surface area contributed by atoms with Gasteiger partial charge in [-0.1, -0.05) is 0 Å². The third kappa shape index (κ3) is 3.58. The van der Waals surface area contributed by atoms with Gasteiger partial charge in [-0.2, -0.15) is 5.10 Å². The van der Waals surface area contributed by atoms with Crippen LogP contribution in [0, 0.1) is 13.8 Å². The Morgan fingerprint density at radius 3 is 2.62 bits per heavy atom. The first-order valence-corrected chi connectivity index (χ1v) is 5.77. The van der Waals surface area contributed by atoms with Crippen molar-refractivity contribution in [2.75, 3.05) is 16.8 Å². The first-order chi connectivity index (χ1) is 7.50. The summed E-state index contributed by atoms with van der Waals surface area (Å²) in [4.78, 5) is 21.6. The summed E-state index contributed by atoms with van der Waals surface area (Å²) in [6.07, 6.45) is 0. The summed E-state index contributed by atoms with van der Waals surface area (Å²) in [5, 5.41) is 17.7. The number of thioether (sulfide) groups is 1. The summed E-state index contributed by atoms with van der Waals surface area (Å²) in [6.45, 7) is 3.70. The van der Waals surface area contributed by atoms with Crippen LogP contribution >= 0.6 is 11.8 Å². The van der Waals surface area contributed by atoms with E-state index in [1.165, 1.54) is 0 Å². The number of carbonyl (C=O) groups is 2. The van der Waals surface area contributed by atoms with Crippen LogP contribution in [0.4, 0.5) is 5.82 Å². The summed E-state index contributed by atoms with van der Waals surface area (Å²) in [6, 6.07) is 0. The lowest BCUT2D eigenvalue weighted by Crippen LogP contribution is -2.16. The Morgan fingerprint density at radius 2 is 2.12 bits per heavy atom. The van der Waals surface area contributed by atoms with Crippen molar-refractivity contribution in [3.05, 3.63) is 11.3 Å². The van der Waals surface area contributed by atoms with Gasteiger partial charge in [-0.3, -0.25) is 14.7 Å². The zero-order chi connectivity index (χ0) is 12.1. The molecule has 1 aromatic heterocycles. The van der Waals surface area contributed by atoms with Gasteiger partial charge in [-0.15, -0.1) is 11.8 Å². The van der Waals surface area contributed by atoms with E-state index < -0.39 is 5.97 Å². The van der Waals surface area contributed by atoms with Gasteiger partial charge in [0.15, 0.2) is 5.82 Å². The third-order valence-corrected chi connectivity index (χ3v) is 2.89. The summed E-state index contributed by atoms with van der Waals surface area (Å²) in [5.74, 6) is -0.646. The van der Waals surface area contributed by atoms with Crippen LogP contribution in [-0.2, 0) is 9.59 Å². The van der Waals surface area contributed by atoms with E-state index in [9.17, 15) is 9.59 Å². The third-order valence-electron chi connectivity index (χ3n) is 1.97. The van der Waals surface area contributed by atoms with Gasteiger partial charge in [-0.25, -0.2) is 0 Å². The summed E-state index contributed by atoms with van der Waals surface area (Å²) in [5.41, 5.74) is 1.78. The molecule has 0 aliphatic heterocycles. The zero-order valence-electron chi connectivity index (χ0n) is 9.03. The second kappa shape index (κ2) is 5.55. The number of nitrogens with zero attached hydrogens (tertiary/aromatic N) is 1. The van der Waals surface area contributed by atoms with Crippen molar-refractivity contribution >= 4 is 29.5 Å². The van der Waals surface area contributed by atoms with Gasteiger partial charge in [0.1, 0.15) is 0 Å². The highest BCUT2D eigenvalue weighted by Crippen LogP contribution is 2.14. The molecule has 0 saturated heterocycles. The molecule has 88 valence electrons. The van der Waals surface area contributed by atoms with Crippen LogP contribution in [-0.4, -0.2) is 38.7 Å². The Kier molecular flexibility index (Phi) is 4.36. The molecule has 3 N–H and O–H groups in total. The Labute approximate surface area is 96.8 Å². The predicted octanol–water partition coefficient (Wildman–Crippen LogP) is 0.783. The summed E-state index contributed by atoms with van der Waals surface area (Å²) >= 11 is 1.05. The quantitative estimate of drug-likeness (QED) is 0.710. The number of aliphatic carboxylic acids is 1. The normalized spacial score (nSPS) is 10.1. The highest BCUT2D eigenvalue weighted by atomic mass is 32.2. The number of anilines is 1. The molecule has 0 atom stereocenters. The molecule has 1 amide bonds. The lowest BCUT2D eigenvalue weighted by Gasteiger charge is -2.01. The van der Waals surface area contributed by atoms with Gasteiger partial charge in [0.25, 0.3) is 0 Å². The van der Waals surface area contributed by atoms with Gasteiger partial charge >= 0.3 is 5.97 Å². The van der Waals surface area contributed by atoms with Gasteiger partial charge < -0.3 is 10.4 Å². The number of nitrogens with one attached hydrogen (secondary N) is 2. The molecule has 0 spiro atoms. The number of hydrogen-bond donors (Lipinski definition) is 3. The van der Waals surface area contributed by atoms with Crippen LogP contribution in [0.15, 0.2) is 0 Å². The van der Waals surface area contributed by atoms with Crippen LogP contribution in [0.5, 0.6) is 0 Å². The van der Waals surface area contributed by atoms with Gasteiger partial charge in [-0.05, 0) is 13.8 Å². The van der Waals surface area contributed by atoms with E-state index in [1.807, 2.05) is 13.8 Å². The largest absolute Gasteiger partial charge is 0.481 e. The van der Waals surface area contributed by atoms with Crippen molar-refractivity contribution in [2.45, 2.75) is 13.8 Å². The Bertz CT molecular complexity index is 403. The molecular weight excluding hydrogens is 230 g/mol. The van der Waals surface area contributed by atoms with Crippen molar-refractivity contribution in [2.24, 2.45) is 0 Å². The number of rotatable bonds is 5. The van der Waals surface area contributed by atoms with Crippen LogP contribution in [0.25, 0.3) is 0 Å². The van der Waals surface area contributed by atoms with Crippen molar-refractivity contribution in [1.29, 1.82) is 0 Å². The van der Waals surface area contributed by atoms with Gasteiger partial charge in [0.05, 0.1) is 11.5 Å². The zero-order valence-corrected chi connectivity index (χ0v) is 9.85. The number of hydrogen-bond acceptors (Lipinski definition) is 4. The first kappa shape index (κ1) is 12.6. The monoisotopic (exact) mass is 243 g/mol. The standard InChI is InChI=1S/C9H13N3O3S/c1-5-6(2)11-12-9(5)10-7(13)3-16-4-8(14)15/h3-4H2,1-2H3,(H,14,15)(H2,10,11,12,13). The molecule has 0 saturated carbocycles. The van der Waals surface area contributed by atoms with E-state index in [-0.39, 0.29) is 17.4 Å². The maximum absolute atomic E-state index is 11.4. The van der Waals surface area contributed by atoms with E-state index in [0.717, 1.165) is 23.0 Å². The van der Waals surface area contributed by atoms with Crippen LogP contribution in [0.2, 0.25) is 0 Å². The number of aromatic amines is 1. The van der Waals surface area contributed by atoms with Crippen molar-refractivity contribution in [3.63, 3.8) is 0 Å². The maximum atomic E-state index is 11.4. The molecule has 16 heavy (non-hydrogen) atoms. The molecule has 0 aromatic carbocycles. The van der Waals surface area contributed by atoms with E-state index in [0.29, 0.717) is 5.82 Å². The smallest absolute Gasteiger partial charge is 0.313 e. The lowest BCUT2D eigenvalue weighted by molar-refractivity contribution is -0.133. The number of amides is 1. The van der Waals surface area contributed by atoms with Crippen LogP contribution < -0.4 is 5.32 Å². The van der Waals surface area contributed by atoms with E-state index in [1.54, 1.807) is 0 Å². The van der Waals surface area contributed by atoms with Crippen LogP contribution in [0.1, 0.15) is 11.3 Å². The van der Waals surface area contributed by atoms with Gasteiger partial charge in [0, 0.05) is 11.3 Å². The highest BCUT2D eigenvalue weighted by molar-refractivity contribution is 8.00. The Morgan fingerprint density at radius 1 is 1.44 bits per heavy atom. The molecule has 1 heterocycles. The highest BCUT2D eigenvalue weighted by Gasteiger charge is 2.09. The van der Waals surface area contributed by atoms with Crippen molar-refractivity contribution < 1.29 is 14.7 Å². The average molecular weight is 243 g/mol. The minimum absolute atomic E-state index is 0.0774. The average Bonchev–Trinajstić information content (AvgIpc) is 2.49. The molecular formula is C9H13N3O3S. The van der Waals surface area contributed by atoms with E-state index in [4.69, 9.17) is 5.11 Å². The second-order valence-electron chi connectivity index (χ2n) is 3.26. The molecule has 0 radical (unpaired) electrons. The molecule has 0 bridgehead atoms. The minimum atomic E-state index is -0.926. The maximum Gasteiger partial charge on any atom is 0.313 e. The van der Waals surface area contributed by atoms with E-state index in [2.05, 4.69) is 15.5 Å². The molecule has 0 unspecified atom stereocenters. The minimum Gasteiger partial charge on any atom is -0.481 e. The predicted molar refractivity (Wildman–Crippen MR) is 61.7 cm³/mol. The fourth-order valence-electron chi connectivity index (χ4n) is 1.01. The number of carboxylic acid groups (broad SMARTS) is 1. The number of aryl methyl sites for hydroxylation is 1. The van der Waals surface area contributed by atoms with Gasteiger partial charge in [0.2, 0.25) is 5.91 Å². The summed E-state index contributed by atoms with van der Waals surface area (Å²) < 4.78 is 0. The Hall–Kier alpha value is -1.50. The van der Waals surface area contributed by atoms with Crippen LogP contribution in [0.3, 0.4) is 0 Å². The fourth-order valence-corrected chi connectivity index (χ4v) is 1.54. The lowest BCUT2D eigenvalue weighted by atomic mass is 10.3. The molecule has 6 nitrogen and oxygen atoms in total. The topological polar surface area (TPSA) is 95.1 Å². The van der Waals surface area contributed by atoms with E-state index >= 15 is 0 Å². The number of carboxylic acids is 1. The SMILES string of the molecule is Cc1[nH]nc(NC(=O)CSCC(=O)O)c1C. The van der Waals surface area contributed by atoms with Crippen molar-refractivity contribution in [3.8, 4) is 0 Å². The fraction of sp³-hybridized carbons (Fsp3) is 0.444. The molecule has 1 aromatic rings. The van der Waals surface area contributed by atoms with Crippen molar-refractivity contribution in [1.82, 2.24) is 10.2 Å². The number of H-pyrrole nitrogens is 1. The number of aromatic nitrogens is 2. The first-order valence-electron chi connectivity index (χ1n) is 4.61. The number of carbonyl (C=O) groups excluding carboxylic acids is 1.